The van der Waals surface area contributed by atoms with E-state index in [9.17, 15) is 16.8 Å². The van der Waals surface area contributed by atoms with Gasteiger partial charge >= 0.3 is 0 Å². The lowest BCUT2D eigenvalue weighted by molar-refractivity contribution is 0.499. The molecular weight excluding hydrogens is 494 g/mol. The molecule has 0 saturated heterocycles. The van der Waals surface area contributed by atoms with Crippen LogP contribution in [-0.2, 0) is 26.4 Å². The SMILES string of the molecule is CN1Cc2ccccc2C(c2ccc(Cl)cc2)N=C1CS(=O)(=O)c1ccc(NS(C)(=O)=O)cc1. The average Bonchev–Trinajstić information content (AvgIpc) is 2.90. The minimum Gasteiger partial charge on any atom is -0.358 e. The smallest absolute Gasteiger partial charge is 0.229 e. The van der Waals surface area contributed by atoms with E-state index in [0.717, 1.165) is 22.9 Å². The van der Waals surface area contributed by atoms with Gasteiger partial charge in [-0.25, -0.2) is 16.8 Å². The fourth-order valence-corrected chi connectivity index (χ4v) is 5.90. The molecule has 0 bridgehead atoms. The number of amidine groups is 1. The zero-order valence-electron chi connectivity index (χ0n) is 18.6. The second kappa shape index (κ2) is 9.40. The van der Waals surface area contributed by atoms with Crippen LogP contribution in [-0.4, -0.2) is 46.6 Å². The second-order valence-electron chi connectivity index (χ2n) is 8.21. The third-order valence-electron chi connectivity index (χ3n) is 5.50. The van der Waals surface area contributed by atoms with Gasteiger partial charge in [-0.1, -0.05) is 48.0 Å². The fraction of sp³-hybridized carbons (Fsp3) is 0.208. The third-order valence-corrected chi connectivity index (χ3v) is 7.98. The normalized spacial score (nSPS) is 16.4. The molecule has 7 nitrogen and oxygen atoms in total. The van der Waals surface area contributed by atoms with Crippen LogP contribution in [0.15, 0.2) is 82.7 Å². The van der Waals surface area contributed by atoms with Crippen molar-refractivity contribution in [2.24, 2.45) is 4.99 Å². The zero-order chi connectivity index (χ0) is 24.5. The monoisotopic (exact) mass is 517 g/mol. The Labute approximate surface area is 205 Å². The highest BCUT2D eigenvalue weighted by molar-refractivity contribution is 7.92. The summed E-state index contributed by atoms with van der Waals surface area (Å²) in [6.45, 7) is 0.520. The number of benzene rings is 3. The maximum absolute atomic E-state index is 13.3. The first kappa shape index (κ1) is 24.3. The highest BCUT2D eigenvalue weighted by Gasteiger charge is 2.27. The molecule has 0 aliphatic carbocycles. The minimum atomic E-state index is -3.74. The predicted octanol–water partition coefficient (Wildman–Crippen LogP) is 4.12. The van der Waals surface area contributed by atoms with Gasteiger partial charge in [-0.3, -0.25) is 9.71 Å². The molecule has 1 atom stereocenters. The summed E-state index contributed by atoms with van der Waals surface area (Å²) in [6, 6.07) is 20.6. The van der Waals surface area contributed by atoms with Crippen LogP contribution < -0.4 is 4.72 Å². The summed E-state index contributed by atoms with van der Waals surface area (Å²) < 4.78 is 51.7. The summed E-state index contributed by atoms with van der Waals surface area (Å²) in [5.41, 5.74) is 3.29. The van der Waals surface area contributed by atoms with E-state index < -0.39 is 19.9 Å². The predicted molar refractivity (Wildman–Crippen MR) is 136 cm³/mol. The largest absolute Gasteiger partial charge is 0.358 e. The maximum Gasteiger partial charge on any atom is 0.229 e. The van der Waals surface area contributed by atoms with E-state index in [-0.39, 0.29) is 16.7 Å². The zero-order valence-corrected chi connectivity index (χ0v) is 21.0. The van der Waals surface area contributed by atoms with Crippen LogP contribution in [0.1, 0.15) is 22.7 Å². The summed E-state index contributed by atoms with van der Waals surface area (Å²) in [7, 11) is -5.37. The number of nitrogens with zero attached hydrogens (tertiary/aromatic N) is 2. The summed E-state index contributed by atoms with van der Waals surface area (Å²) in [6.07, 6.45) is 1.03. The molecule has 1 aliphatic rings. The van der Waals surface area contributed by atoms with Gasteiger partial charge < -0.3 is 4.90 Å². The van der Waals surface area contributed by atoms with Crippen molar-refractivity contribution < 1.29 is 16.8 Å². The van der Waals surface area contributed by atoms with Crippen LogP contribution >= 0.6 is 11.6 Å². The molecule has 34 heavy (non-hydrogen) atoms. The molecule has 1 heterocycles. The molecular formula is C24H24ClN3O4S2. The van der Waals surface area contributed by atoms with Crippen LogP contribution in [0.25, 0.3) is 0 Å². The average molecular weight is 518 g/mol. The van der Waals surface area contributed by atoms with Gasteiger partial charge in [0.2, 0.25) is 10.0 Å². The van der Waals surface area contributed by atoms with Crippen molar-refractivity contribution in [2.75, 3.05) is 23.8 Å². The van der Waals surface area contributed by atoms with Crippen LogP contribution in [0.2, 0.25) is 5.02 Å². The van der Waals surface area contributed by atoms with Crippen molar-refractivity contribution in [3.63, 3.8) is 0 Å². The number of anilines is 1. The Morgan fingerprint density at radius 3 is 2.26 bits per heavy atom. The van der Waals surface area contributed by atoms with Crippen LogP contribution in [0.3, 0.4) is 0 Å². The number of halogens is 1. The van der Waals surface area contributed by atoms with Gasteiger partial charge in [0.05, 0.1) is 11.2 Å². The number of hydrogen-bond donors (Lipinski definition) is 1. The first-order valence-electron chi connectivity index (χ1n) is 10.4. The summed E-state index contributed by atoms with van der Waals surface area (Å²) in [5.74, 6) is 0.148. The molecule has 3 aromatic rings. The Kier molecular flexibility index (Phi) is 6.71. The van der Waals surface area contributed by atoms with Gasteiger partial charge in [0.1, 0.15) is 17.6 Å². The molecule has 0 amide bonds. The molecule has 178 valence electrons. The van der Waals surface area contributed by atoms with Crippen molar-refractivity contribution in [3.05, 3.63) is 94.5 Å². The number of sulfone groups is 1. The molecule has 3 aromatic carbocycles. The number of fused-ring (bicyclic) bond motifs is 1. The second-order valence-corrected chi connectivity index (χ2v) is 12.4. The molecule has 0 spiro atoms. The number of sulfonamides is 1. The van der Waals surface area contributed by atoms with E-state index in [1.807, 2.05) is 48.3 Å². The van der Waals surface area contributed by atoms with E-state index in [2.05, 4.69) is 4.72 Å². The Morgan fingerprint density at radius 1 is 0.971 bits per heavy atom. The van der Waals surface area contributed by atoms with E-state index in [1.165, 1.54) is 24.3 Å². The molecule has 0 aromatic heterocycles. The number of rotatable bonds is 6. The lowest BCUT2D eigenvalue weighted by Gasteiger charge is -2.20. The summed E-state index contributed by atoms with van der Waals surface area (Å²) >= 11 is 6.08. The van der Waals surface area contributed by atoms with Gasteiger partial charge in [0.25, 0.3) is 0 Å². The van der Waals surface area contributed by atoms with E-state index in [1.54, 1.807) is 12.1 Å². The Bertz CT molecular complexity index is 1440. The topological polar surface area (TPSA) is 95.9 Å². The molecule has 0 saturated carbocycles. The summed E-state index contributed by atoms with van der Waals surface area (Å²) in [4.78, 5) is 6.85. The highest BCUT2D eigenvalue weighted by Crippen LogP contribution is 2.33. The lowest BCUT2D eigenvalue weighted by Crippen LogP contribution is -2.32. The summed E-state index contributed by atoms with van der Waals surface area (Å²) in [5, 5.41) is 0.614. The molecule has 4 rings (SSSR count). The van der Waals surface area contributed by atoms with Crippen LogP contribution in [0.5, 0.6) is 0 Å². The number of aliphatic imine (C=N–C) groups is 1. The van der Waals surface area contributed by atoms with E-state index in [0.29, 0.717) is 23.1 Å². The van der Waals surface area contributed by atoms with Crippen molar-refractivity contribution >= 4 is 43.0 Å². The Hall–Kier alpha value is -2.88. The van der Waals surface area contributed by atoms with Crippen molar-refractivity contribution in [1.82, 2.24) is 4.90 Å². The first-order valence-corrected chi connectivity index (χ1v) is 14.4. The van der Waals surface area contributed by atoms with Crippen molar-refractivity contribution in [2.45, 2.75) is 17.5 Å². The Balaban J connectivity index is 1.69. The van der Waals surface area contributed by atoms with E-state index in [4.69, 9.17) is 16.6 Å². The molecule has 10 heteroatoms. The van der Waals surface area contributed by atoms with Gasteiger partial charge in [0.15, 0.2) is 9.84 Å². The highest BCUT2D eigenvalue weighted by atomic mass is 35.5. The lowest BCUT2D eigenvalue weighted by atomic mass is 9.95. The number of nitrogens with one attached hydrogen (secondary N) is 1. The Morgan fingerprint density at radius 2 is 1.62 bits per heavy atom. The van der Waals surface area contributed by atoms with Crippen LogP contribution in [0.4, 0.5) is 5.69 Å². The molecule has 0 fully saturated rings. The van der Waals surface area contributed by atoms with Gasteiger partial charge in [-0.15, -0.1) is 0 Å². The third kappa shape index (κ3) is 5.60. The maximum atomic E-state index is 13.3. The van der Waals surface area contributed by atoms with E-state index >= 15 is 0 Å². The van der Waals surface area contributed by atoms with Crippen LogP contribution in [0, 0.1) is 0 Å². The minimum absolute atomic E-state index is 0.0902. The van der Waals surface area contributed by atoms with Crippen molar-refractivity contribution in [1.29, 1.82) is 0 Å². The van der Waals surface area contributed by atoms with Gasteiger partial charge in [-0.2, -0.15) is 0 Å². The molecule has 1 aliphatic heterocycles. The molecule has 1 N–H and O–H groups in total. The first-order chi connectivity index (χ1) is 16.0. The van der Waals surface area contributed by atoms with Gasteiger partial charge in [-0.05, 0) is 53.1 Å². The quantitative estimate of drug-likeness (QED) is 0.530. The molecule has 1 unspecified atom stereocenters. The number of hydrogen-bond acceptors (Lipinski definition) is 6. The fourth-order valence-electron chi connectivity index (χ4n) is 3.85. The standard InChI is InChI=1S/C24H24ClN3O4S2/c1-28-15-18-5-3-4-6-22(18)24(17-7-9-19(25)10-8-17)26-23(28)16-34(31,32)21-13-11-20(12-14-21)27-33(2,29)30/h3-14,24,27H,15-16H2,1-2H3. The van der Waals surface area contributed by atoms with Gasteiger partial charge in [0, 0.05) is 24.3 Å². The molecule has 0 radical (unpaired) electrons. The van der Waals surface area contributed by atoms with Crippen molar-refractivity contribution in [3.8, 4) is 0 Å².